The number of hydrogen-bond donors (Lipinski definition) is 3. The number of aromatic nitrogens is 2. The van der Waals surface area contributed by atoms with Gasteiger partial charge in [-0.2, -0.15) is 0 Å². The van der Waals surface area contributed by atoms with E-state index >= 15 is 0 Å². The second-order valence-electron chi connectivity index (χ2n) is 10.3. The highest BCUT2D eigenvalue weighted by Gasteiger charge is 2.22. The average molecular weight is 563 g/mol. The number of carbonyl (C=O) groups is 2. The molecule has 3 N–H and O–H groups in total. The molecule has 40 heavy (non-hydrogen) atoms. The lowest BCUT2D eigenvalue weighted by Gasteiger charge is -2.21. The maximum Gasteiger partial charge on any atom is 0.257 e. The minimum atomic E-state index is -0.414. The molecule has 210 valence electrons. The topological polar surface area (TPSA) is 108 Å². The zero-order chi connectivity index (χ0) is 27.7. The highest BCUT2D eigenvalue weighted by molar-refractivity contribution is 6.34. The third-order valence-corrected chi connectivity index (χ3v) is 7.68. The van der Waals surface area contributed by atoms with Crippen molar-refractivity contribution < 1.29 is 14.3 Å². The molecule has 1 saturated heterocycles. The SMILES string of the molecule is O=C(Nc1cnc(Nc2ccc(OCCN3CCCC3)cc2)nc1)c1cc(NC(=O)C2CCCCC2)ccc1Cl. The number of amides is 2. The van der Waals surface area contributed by atoms with E-state index in [1.165, 1.54) is 31.7 Å². The molecule has 2 heterocycles. The van der Waals surface area contributed by atoms with Crippen LogP contribution in [0.4, 0.5) is 23.0 Å². The van der Waals surface area contributed by atoms with Gasteiger partial charge in [0.25, 0.3) is 5.91 Å². The van der Waals surface area contributed by atoms with E-state index in [1.54, 1.807) is 18.2 Å². The third kappa shape index (κ3) is 7.70. The summed E-state index contributed by atoms with van der Waals surface area (Å²) in [6.07, 6.45) is 10.7. The highest BCUT2D eigenvalue weighted by atomic mass is 35.5. The van der Waals surface area contributed by atoms with Crippen molar-refractivity contribution in [2.75, 3.05) is 42.2 Å². The van der Waals surface area contributed by atoms with Crippen LogP contribution in [0.5, 0.6) is 5.75 Å². The van der Waals surface area contributed by atoms with Crippen LogP contribution >= 0.6 is 11.6 Å². The zero-order valence-electron chi connectivity index (χ0n) is 22.5. The first kappa shape index (κ1) is 27.9. The van der Waals surface area contributed by atoms with Crippen LogP contribution in [0.3, 0.4) is 0 Å². The lowest BCUT2D eigenvalue weighted by Crippen LogP contribution is -2.25. The molecule has 2 aliphatic rings. The van der Waals surface area contributed by atoms with Gasteiger partial charge in [0.05, 0.1) is 28.7 Å². The summed E-state index contributed by atoms with van der Waals surface area (Å²) in [6, 6.07) is 12.6. The molecule has 1 saturated carbocycles. The van der Waals surface area contributed by atoms with Crippen LogP contribution in [0.25, 0.3) is 0 Å². The summed E-state index contributed by atoms with van der Waals surface area (Å²) >= 11 is 6.30. The first-order valence-corrected chi connectivity index (χ1v) is 14.4. The normalized spacial score (nSPS) is 15.9. The number of anilines is 4. The Hall–Kier alpha value is -3.69. The number of likely N-dealkylation sites (tertiary alicyclic amines) is 1. The molecular weight excluding hydrogens is 528 g/mol. The third-order valence-electron chi connectivity index (χ3n) is 7.35. The van der Waals surface area contributed by atoms with Crippen LogP contribution in [0.2, 0.25) is 5.02 Å². The van der Waals surface area contributed by atoms with Gasteiger partial charge >= 0.3 is 0 Å². The Morgan fingerprint density at radius 1 is 0.875 bits per heavy atom. The van der Waals surface area contributed by atoms with Gasteiger partial charge in [-0.15, -0.1) is 0 Å². The summed E-state index contributed by atoms with van der Waals surface area (Å²) in [5, 5.41) is 9.14. The molecule has 2 amide bonds. The smallest absolute Gasteiger partial charge is 0.257 e. The lowest BCUT2D eigenvalue weighted by molar-refractivity contribution is -0.120. The molecule has 5 rings (SSSR count). The van der Waals surface area contributed by atoms with Crippen molar-refractivity contribution in [3.05, 3.63) is 65.4 Å². The van der Waals surface area contributed by atoms with E-state index in [2.05, 4.69) is 30.8 Å². The fourth-order valence-electron chi connectivity index (χ4n) is 5.10. The number of hydrogen-bond acceptors (Lipinski definition) is 7. The minimum absolute atomic E-state index is 0.00967. The summed E-state index contributed by atoms with van der Waals surface area (Å²) in [6.45, 7) is 3.95. The number of benzene rings is 2. The van der Waals surface area contributed by atoms with E-state index < -0.39 is 5.91 Å². The van der Waals surface area contributed by atoms with Gasteiger partial charge in [0.15, 0.2) is 0 Å². The molecule has 0 unspecified atom stereocenters. The molecule has 1 aliphatic carbocycles. The standard InChI is InChI=1S/C30H35ClN6O3/c31-27-13-10-23(34-28(38)21-6-2-1-3-7-21)18-26(27)29(39)35-24-19-32-30(33-20-24)36-22-8-11-25(12-9-22)40-17-16-37-14-4-5-15-37/h8-13,18-21H,1-7,14-17H2,(H,34,38)(H,35,39)(H,32,33,36). The van der Waals surface area contributed by atoms with E-state index in [-0.39, 0.29) is 22.4 Å². The van der Waals surface area contributed by atoms with Crippen molar-refractivity contribution in [2.45, 2.75) is 44.9 Å². The van der Waals surface area contributed by atoms with Gasteiger partial charge in [-0.05, 0) is 81.2 Å². The predicted molar refractivity (Wildman–Crippen MR) is 158 cm³/mol. The van der Waals surface area contributed by atoms with E-state index in [9.17, 15) is 9.59 Å². The van der Waals surface area contributed by atoms with Gasteiger partial charge in [0, 0.05) is 23.8 Å². The van der Waals surface area contributed by atoms with Crippen molar-refractivity contribution in [1.82, 2.24) is 14.9 Å². The molecule has 1 aliphatic heterocycles. The van der Waals surface area contributed by atoms with E-state index in [4.69, 9.17) is 16.3 Å². The maximum absolute atomic E-state index is 12.9. The Labute approximate surface area is 239 Å². The van der Waals surface area contributed by atoms with Crippen LogP contribution in [0.15, 0.2) is 54.9 Å². The summed E-state index contributed by atoms with van der Waals surface area (Å²) < 4.78 is 5.85. The summed E-state index contributed by atoms with van der Waals surface area (Å²) in [7, 11) is 0. The number of nitrogens with one attached hydrogen (secondary N) is 3. The van der Waals surface area contributed by atoms with Crippen molar-refractivity contribution in [3.63, 3.8) is 0 Å². The molecular formula is C30H35ClN6O3. The van der Waals surface area contributed by atoms with Crippen molar-refractivity contribution in [1.29, 1.82) is 0 Å². The first-order chi connectivity index (χ1) is 19.5. The zero-order valence-corrected chi connectivity index (χ0v) is 23.3. The molecule has 2 fully saturated rings. The van der Waals surface area contributed by atoms with Crippen LogP contribution in [0.1, 0.15) is 55.3 Å². The van der Waals surface area contributed by atoms with Crippen molar-refractivity contribution in [2.24, 2.45) is 5.92 Å². The molecule has 9 nitrogen and oxygen atoms in total. The second-order valence-corrected chi connectivity index (χ2v) is 10.7. The van der Waals surface area contributed by atoms with Crippen LogP contribution < -0.4 is 20.7 Å². The monoisotopic (exact) mass is 562 g/mol. The second kappa shape index (κ2) is 13.6. The van der Waals surface area contributed by atoms with Gasteiger partial charge in [0.2, 0.25) is 11.9 Å². The molecule has 2 aromatic carbocycles. The predicted octanol–water partition coefficient (Wildman–Crippen LogP) is 6.12. The van der Waals surface area contributed by atoms with Crippen molar-refractivity contribution in [3.8, 4) is 5.75 Å². The summed E-state index contributed by atoms with van der Waals surface area (Å²) in [5.41, 5.74) is 2.05. The molecule has 0 radical (unpaired) electrons. The van der Waals surface area contributed by atoms with E-state index in [0.29, 0.717) is 23.9 Å². The van der Waals surface area contributed by atoms with Gasteiger partial charge in [0.1, 0.15) is 12.4 Å². The number of halogens is 1. The fourth-order valence-corrected chi connectivity index (χ4v) is 5.31. The average Bonchev–Trinajstić information content (AvgIpc) is 3.50. The number of carbonyl (C=O) groups excluding carboxylic acids is 2. The van der Waals surface area contributed by atoms with Gasteiger partial charge < -0.3 is 20.7 Å². The Kier molecular flexibility index (Phi) is 9.46. The van der Waals surface area contributed by atoms with Gasteiger partial charge in [-0.25, -0.2) is 9.97 Å². The Morgan fingerprint density at radius 2 is 1.57 bits per heavy atom. The van der Waals surface area contributed by atoms with Gasteiger partial charge in [-0.1, -0.05) is 30.9 Å². The molecule has 0 atom stereocenters. The van der Waals surface area contributed by atoms with Crippen molar-refractivity contribution >= 4 is 46.4 Å². The molecule has 0 spiro atoms. The van der Waals surface area contributed by atoms with E-state index in [0.717, 1.165) is 56.8 Å². The molecule has 10 heteroatoms. The van der Waals surface area contributed by atoms with Crippen LogP contribution in [-0.2, 0) is 4.79 Å². The number of nitrogens with zero attached hydrogens (tertiary/aromatic N) is 3. The van der Waals surface area contributed by atoms with Crippen LogP contribution in [0, 0.1) is 5.92 Å². The number of ether oxygens (including phenoxy) is 1. The maximum atomic E-state index is 12.9. The molecule has 3 aromatic rings. The summed E-state index contributed by atoms with van der Waals surface area (Å²) in [4.78, 5) is 36.6. The number of rotatable bonds is 10. The quantitative estimate of drug-likeness (QED) is 0.273. The summed E-state index contributed by atoms with van der Waals surface area (Å²) in [5.74, 6) is 0.806. The largest absolute Gasteiger partial charge is 0.492 e. The van der Waals surface area contributed by atoms with Gasteiger partial charge in [-0.3, -0.25) is 14.5 Å². The minimum Gasteiger partial charge on any atom is -0.492 e. The van der Waals surface area contributed by atoms with E-state index in [1.807, 2.05) is 24.3 Å². The first-order valence-electron chi connectivity index (χ1n) is 14.0. The highest BCUT2D eigenvalue weighted by Crippen LogP contribution is 2.27. The lowest BCUT2D eigenvalue weighted by atomic mass is 9.88. The Balaban J connectivity index is 1.12. The van der Waals surface area contributed by atoms with Crippen LogP contribution in [-0.4, -0.2) is 52.9 Å². The molecule has 1 aromatic heterocycles. The Morgan fingerprint density at radius 3 is 2.30 bits per heavy atom. The fraction of sp³-hybridized carbons (Fsp3) is 0.400. The Bertz CT molecular complexity index is 1290. The molecule has 0 bridgehead atoms.